The van der Waals surface area contributed by atoms with Crippen molar-refractivity contribution in [3.8, 4) is 16.9 Å². The summed E-state index contributed by atoms with van der Waals surface area (Å²) < 4.78 is 16.3. The molecule has 1 amide bonds. The average Bonchev–Trinajstić information content (AvgIpc) is 3.32. The summed E-state index contributed by atoms with van der Waals surface area (Å²) in [6, 6.07) is 31.1. The fraction of sp³-hybridized carbons (Fsp3) is 0.182. The number of ether oxygens (including phenoxy) is 3. The Morgan fingerprint density at radius 3 is 1.98 bits per heavy atom. The SMILES string of the molecule is O=C(O)COc1ccc(COC(=O)[C@H](Cc2ccccc2)NC(=O)OCC2c3ccccc3-c3ccccc32)cc1. The predicted molar refractivity (Wildman–Crippen MR) is 152 cm³/mol. The summed E-state index contributed by atoms with van der Waals surface area (Å²) >= 11 is 0. The van der Waals surface area contributed by atoms with Crippen molar-refractivity contribution >= 4 is 18.0 Å². The van der Waals surface area contributed by atoms with Crippen LogP contribution in [0.4, 0.5) is 4.79 Å². The van der Waals surface area contributed by atoms with E-state index in [1.807, 2.05) is 66.7 Å². The molecule has 5 rings (SSSR count). The van der Waals surface area contributed by atoms with E-state index in [1.165, 1.54) is 0 Å². The van der Waals surface area contributed by atoms with Crippen LogP contribution >= 0.6 is 0 Å². The molecule has 0 spiro atoms. The number of carbonyl (C=O) groups excluding carboxylic acids is 2. The molecule has 0 saturated carbocycles. The first kappa shape index (κ1) is 27.5. The minimum Gasteiger partial charge on any atom is -0.482 e. The predicted octanol–water partition coefficient (Wildman–Crippen LogP) is 5.34. The molecule has 8 heteroatoms. The lowest BCUT2D eigenvalue weighted by molar-refractivity contribution is -0.147. The van der Waals surface area contributed by atoms with E-state index < -0.39 is 30.7 Å². The number of aliphatic carboxylic acids is 1. The summed E-state index contributed by atoms with van der Waals surface area (Å²) in [5.41, 5.74) is 5.99. The van der Waals surface area contributed by atoms with Gasteiger partial charge in [-0.15, -0.1) is 0 Å². The van der Waals surface area contributed by atoms with Gasteiger partial charge in [-0.3, -0.25) is 0 Å². The van der Waals surface area contributed by atoms with E-state index in [-0.39, 0.29) is 25.6 Å². The lowest BCUT2D eigenvalue weighted by Gasteiger charge is -2.19. The molecule has 0 saturated heterocycles. The van der Waals surface area contributed by atoms with Crippen molar-refractivity contribution in [3.63, 3.8) is 0 Å². The number of carbonyl (C=O) groups is 3. The number of esters is 1. The van der Waals surface area contributed by atoms with Gasteiger partial charge in [0.15, 0.2) is 6.61 Å². The lowest BCUT2D eigenvalue weighted by Crippen LogP contribution is -2.43. The Balaban J connectivity index is 1.22. The van der Waals surface area contributed by atoms with E-state index in [2.05, 4.69) is 17.4 Å². The van der Waals surface area contributed by atoms with Gasteiger partial charge in [-0.1, -0.05) is 91.0 Å². The smallest absolute Gasteiger partial charge is 0.407 e. The number of amides is 1. The number of hydrogen-bond acceptors (Lipinski definition) is 6. The third kappa shape index (κ3) is 6.91. The summed E-state index contributed by atoms with van der Waals surface area (Å²) in [5.74, 6) is -1.39. The number of carboxylic acid groups (broad SMARTS) is 1. The second-order valence-electron chi connectivity index (χ2n) is 9.65. The molecule has 0 aromatic heterocycles. The zero-order valence-corrected chi connectivity index (χ0v) is 22.2. The molecule has 0 bridgehead atoms. The van der Waals surface area contributed by atoms with Crippen LogP contribution < -0.4 is 10.1 Å². The number of hydrogen-bond donors (Lipinski definition) is 2. The highest BCUT2D eigenvalue weighted by Gasteiger charge is 2.30. The second-order valence-corrected chi connectivity index (χ2v) is 9.65. The van der Waals surface area contributed by atoms with E-state index in [0.717, 1.165) is 27.8 Å². The topological polar surface area (TPSA) is 111 Å². The zero-order valence-electron chi connectivity index (χ0n) is 22.2. The average molecular weight is 552 g/mol. The first-order valence-corrected chi connectivity index (χ1v) is 13.2. The Morgan fingerprint density at radius 2 is 1.34 bits per heavy atom. The van der Waals surface area contributed by atoms with Gasteiger partial charge in [-0.2, -0.15) is 0 Å². The van der Waals surface area contributed by atoms with Gasteiger partial charge in [-0.05, 0) is 45.5 Å². The molecule has 8 nitrogen and oxygen atoms in total. The van der Waals surface area contributed by atoms with Crippen molar-refractivity contribution in [1.82, 2.24) is 5.32 Å². The molecule has 0 unspecified atom stereocenters. The Bertz CT molecular complexity index is 1470. The minimum atomic E-state index is -1.07. The monoisotopic (exact) mass is 551 g/mol. The van der Waals surface area contributed by atoms with Gasteiger partial charge in [0.25, 0.3) is 0 Å². The Kier molecular flexibility index (Phi) is 8.59. The van der Waals surface area contributed by atoms with Gasteiger partial charge in [-0.25, -0.2) is 14.4 Å². The first-order valence-electron chi connectivity index (χ1n) is 13.2. The van der Waals surface area contributed by atoms with Gasteiger partial charge in [0.2, 0.25) is 0 Å². The van der Waals surface area contributed by atoms with E-state index in [1.54, 1.807) is 24.3 Å². The second kappa shape index (κ2) is 12.8. The number of fused-ring (bicyclic) bond motifs is 3. The third-order valence-corrected chi connectivity index (χ3v) is 6.87. The quantitative estimate of drug-likeness (QED) is 0.242. The molecule has 0 fully saturated rings. The number of alkyl carbamates (subject to hydrolysis) is 1. The molecule has 41 heavy (non-hydrogen) atoms. The summed E-state index contributed by atoms with van der Waals surface area (Å²) in [6.07, 6.45) is -0.476. The molecule has 4 aromatic rings. The largest absolute Gasteiger partial charge is 0.482 e. The summed E-state index contributed by atoms with van der Waals surface area (Å²) in [7, 11) is 0. The highest BCUT2D eigenvalue weighted by molar-refractivity contribution is 5.82. The molecular weight excluding hydrogens is 522 g/mol. The summed E-state index contributed by atoms with van der Waals surface area (Å²) in [6.45, 7) is -0.351. The Morgan fingerprint density at radius 1 is 0.732 bits per heavy atom. The maximum atomic E-state index is 13.1. The molecule has 1 atom stereocenters. The maximum Gasteiger partial charge on any atom is 0.407 e. The molecule has 1 aliphatic rings. The molecule has 1 aliphatic carbocycles. The van der Waals surface area contributed by atoms with Gasteiger partial charge < -0.3 is 24.6 Å². The van der Waals surface area contributed by atoms with Gasteiger partial charge in [0.05, 0.1) is 0 Å². The van der Waals surface area contributed by atoms with Crippen LogP contribution in [0.15, 0.2) is 103 Å². The normalized spacial score (nSPS) is 12.5. The van der Waals surface area contributed by atoms with Crippen LogP contribution in [0, 0.1) is 0 Å². The minimum absolute atomic E-state index is 0.0320. The van der Waals surface area contributed by atoms with Crippen molar-refractivity contribution < 1.29 is 33.7 Å². The fourth-order valence-electron chi connectivity index (χ4n) is 4.91. The van der Waals surface area contributed by atoms with Crippen LogP contribution in [0.5, 0.6) is 5.75 Å². The molecular formula is C33H29NO7. The van der Waals surface area contributed by atoms with Crippen LogP contribution in [-0.2, 0) is 32.1 Å². The molecule has 208 valence electrons. The third-order valence-electron chi connectivity index (χ3n) is 6.87. The van der Waals surface area contributed by atoms with E-state index >= 15 is 0 Å². The molecule has 0 heterocycles. The van der Waals surface area contributed by atoms with E-state index in [0.29, 0.717) is 11.3 Å². The van der Waals surface area contributed by atoms with Gasteiger partial charge >= 0.3 is 18.0 Å². The molecule has 0 aliphatic heterocycles. The standard InChI is InChI=1S/C33H29NO7/c35-31(36)21-39-24-16-14-23(15-17-24)19-40-32(37)30(18-22-8-2-1-3-9-22)34-33(38)41-20-29-27-12-6-4-10-25(27)26-11-5-7-13-28(26)29/h1-17,29-30H,18-21H2,(H,34,38)(H,35,36)/t30-/m0/s1. The zero-order chi connectivity index (χ0) is 28.6. The van der Waals surface area contributed by atoms with Gasteiger partial charge in [0, 0.05) is 12.3 Å². The molecule has 2 N–H and O–H groups in total. The Labute approximate surface area is 237 Å². The number of nitrogens with one attached hydrogen (secondary N) is 1. The van der Waals surface area contributed by atoms with Crippen molar-refractivity contribution in [2.24, 2.45) is 0 Å². The first-order chi connectivity index (χ1) is 20.0. The van der Waals surface area contributed by atoms with Crippen LogP contribution in [0.3, 0.4) is 0 Å². The number of carboxylic acids is 1. The van der Waals surface area contributed by atoms with Crippen LogP contribution in [-0.4, -0.2) is 42.4 Å². The summed E-state index contributed by atoms with van der Waals surface area (Å²) in [5, 5.41) is 11.4. The van der Waals surface area contributed by atoms with Crippen molar-refractivity contribution in [1.29, 1.82) is 0 Å². The summed E-state index contributed by atoms with van der Waals surface area (Å²) in [4.78, 5) is 36.7. The Hall–Kier alpha value is -5.11. The highest BCUT2D eigenvalue weighted by Crippen LogP contribution is 2.44. The van der Waals surface area contributed by atoms with Crippen LogP contribution in [0.1, 0.15) is 28.2 Å². The lowest BCUT2D eigenvalue weighted by atomic mass is 9.98. The number of benzene rings is 4. The highest BCUT2D eigenvalue weighted by atomic mass is 16.6. The maximum absolute atomic E-state index is 13.1. The van der Waals surface area contributed by atoms with Crippen LogP contribution in [0.2, 0.25) is 0 Å². The van der Waals surface area contributed by atoms with Crippen molar-refractivity contribution in [3.05, 3.63) is 125 Å². The molecule has 0 radical (unpaired) electrons. The van der Waals surface area contributed by atoms with E-state index in [4.69, 9.17) is 19.3 Å². The van der Waals surface area contributed by atoms with Crippen molar-refractivity contribution in [2.75, 3.05) is 13.2 Å². The van der Waals surface area contributed by atoms with E-state index in [9.17, 15) is 14.4 Å². The van der Waals surface area contributed by atoms with Gasteiger partial charge in [0.1, 0.15) is 25.0 Å². The number of rotatable bonds is 11. The van der Waals surface area contributed by atoms with Crippen LogP contribution in [0.25, 0.3) is 11.1 Å². The van der Waals surface area contributed by atoms with Crippen molar-refractivity contribution in [2.45, 2.75) is 25.0 Å². The fourth-order valence-corrected chi connectivity index (χ4v) is 4.91. The molecule has 4 aromatic carbocycles.